The lowest BCUT2D eigenvalue weighted by atomic mass is 10.1. The van der Waals surface area contributed by atoms with Gasteiger partial charge in [-0.15, -0.1) is 11.3 Å². The zero-order valence-corrected chi connectivity index (χ0v) is 20.1. The van der Waals surface area contributed by atoms with Gasteiger partial charge in [-0.2, -0.15) is 0 Å². The average Bonchev–Trinajstić information content (AvgIpc) is 3.16. The number of nitrogen functional groups attached to an aromatic ring is 1. The van der Waals surface area contributed by atoms with E-state index in [9.17, 15) is 17.6 Å². The van der Waals surface area contributed by atoms with Crippen molar-refractivity contribution < 1.29 is 22.3 Å². The van der Waals surface area contributed by atoms with E-state index >= 15 is 0 Å². The number of halogens is 2. The van der Waals surface area contributed by atoms with Crippen LogP contribution in [0.5, 0.6) is 5.75 Å². The highest BCUT2D eigenvalue weighted by Gasteiger charge is 2.32. The minimum atomic E-state index is -4.15. The van der Waals surface area contributed by atoms with Crippen molar-refractivity contribution in [3.8, 4) is 5.75 Å². The second-order valence-corrected chi connectivity index (χ2v) is 10.5. The van der Waals surface area contributed by atoms with Gasteiger partial charge >= 0.3 is 0 Å². The third-order valence-electron chi connectivity index (χ3n) is 4.96. The Morgan fingerprint density at radius 2 is 1.68 bits per heavy atom. The first-order valence-corrected chi connectivity index (χ1v) is 12.5. The first-order valence-electron chi connectivity index (χ1n) is 9.85. The van der Waals surface area contributed by atoms with Crippen molar-refractivity contribution in [1.29, 1.82) is 0 Å². The molecular weight excluding hydrogens is 499 g/mol. The van der Waals surface area contributed by atoms with Crippen LogP contribution in [0, 0.1) is 5.82 Å². The van der Waals surface area contributed by atoms with Crippen LogP contribution < -0.4 is 15.8 Å². The molecule has 174 valence electrons. The molecular formula is C24H18ClFN2O4S2. The molecule has 0 aliphatic carbocycles. The van der Waals surface area contributed by atoms with Gasteiger partial charge in [0.15, 0.2) is 0 Å². The fraction of sp³-hybridized carbons (Fsp3) is 0.0417. The normalized spacial score (nSPS) is 11.3. The Morgan fingerprint density at radius 3 is 2.32 bits per heavy atom. The molecule has 4 aromatic rings. The van der Waals surface area contributed by atoms with Gasteiger partial charge in [0.25, 0.3) is 0 Å². The summed E-state index contributed by atoms with van der Waals surface area (Å²) in [4.78, 5) is 12.9. The van der Waals surface area contributed by atoms with Crippen LogP contribution in [-0.4, -0.2) is 21.3 Å². The minimum Gasteiger partial charge on any atom is -0.495 e. The summed E-state index contributed by atoms with van der Waals surface area (Å²) in [7, 11) is -2.66. The van der Waals surface area contributed by atoms with Gasteiger partial charge in [-0.25, -0.2) is 12.8 Å². The van der Waals surface area contributed by atoms with Crippen molar-refractivity contribution in [3.63, 3.8) is 0 Å². The van der Waals surface area contributed by atoms with Gasteiger partial charge in [0.05, 0.1) is 23.4 Å². The number of rotatable bonds is 7. The van der Waals surface area contributed by atoms with Gasteiger partial charge in [-0.3, -0.25) is 4.79 Å². The summed E-state index contributed by atoms with van der Waals surface area (Å²) in [5.41, 5.74) is 6.75. The van der Waals surface area contributed by atoms with E-state index in [2.05, 4.69) is 5.32 Å². The number of sulfone groups is 1. The molecule has 0 spiro atoms. The molecule has 0 saturated heterocycles. The Bertz CT molecular complexity index is 1470. The third kappa shape index (κ3) is 4.50. The number of carbonyl (C=O) groups is 1. The van der Waals surface area contributed by atoms with Gasteiger partial charge in [-0.1, -0.05) is 23.7 Å². The first-order chi connectivity index (χ1) is 16.2. The van der Waals surface area contributed by atoms with Crippen LogP contribution in [-0.2, 0) is 9.84 Å². The summed E-state index contributed by atoms with van der Waals surface area (Å²) in [6, 6.07) is 17.5. The number of para-hydroxylation sites is 2. The van der Waals surface area contributed by atoms with Crippen LogP contribution in [0.2, 0.25) is 5.02 Å². The van der Waals surface area contributed by atoms with Crippen molar-refractivity contribution in [2.24, 2.45) is 0 Å². The van der Waals surface area contributed by atoms with Crippen LogP contribution in [0.1, 0.15) is 15.2 Å². The molecule has 0 radical (unpaired) electrons. The molecule has 0 atom stereocenters. The molecule has 1 heterocycles. The second kappa shape index (κ2) is 9.46. The molecule has 6 nitrogen and oxygen atoms in total. The predicted octanol–water partition coefficient (Wildman–Crippen LogP) is 5.94. The molecule has 0 saturated carbocycles. The summed E-state index contributed by atoms with van der Waals surface area (Å²) in [5.74, 6) is -0.556. The lowest BCUT2D eigenvalue weighted by Gasteiger charge is -2.12. The predicted molar refractivity (Wildman–Crippen MR) is 132 cm³/mol. The molecule has 0 amide bonds. The SMILES string of the molecule is COc1ccccc1Nc1sc(C(=O)c2ccc(F)cc2)c(N)c1S(=O)(=O)c1ccc(Cl)cc1. The zero-order chi connectivity index (χ0) is 24.5. The maximum atomic E-state index is 13.6. The number of benzene rings is 3. The lowest BCUT2D eigenvalue weighted by molar-refractivity contribution is 0.104. The molecule has 0 fully saturated rings. The molecule has 0 aliphatic rings. The Balaban J connectivity index is 1.90. The van der Waals surface area contributed by atoms with Gasteiger partial charge in [0, 0.05) is 10.6 Å². The quantitative estimate of drug-likeness (QED) is 0.295. The number of nitrogens with one attached hydrogen (secondary N) is 1. The second-order valence-electron chi connectivity index (χ2n) is 7.12. The highest BCUT2D eigenvalue weighted by molar-refractivity contribution is 7.92. The topological polar surface area (TPSA) is 98.5 Å². The highest BCUT2D eigenvalue weighted by atomic mass is 35.5. The maximum absolute atomic E-state index is 13.6. The fourth-order valence-corrected chi connectivity index (χ4v) is 6.33. The first kappa shape index (κ1) is 23.7. The van der Waals surface area contributed by atoms with Crippen molar-refractivity contribution in [3.05, 3.63) is 94.1 Å². The molecule has 0 unspecified atom stereocenters. The molecule has 4 rings (SSSR count). The minimum absolute atomic E-state index is 0.0107. The van der Waals surface area contributed by atoms with Crippen LogP contribution in [0.3, 0.4) is 0 Å². The summed E-state index contributed by atoms with van der Waals surface area (Å²) in [6.07, 6.45) is 0. The van der Waals surface area contributed by atoms with Crippen molar-refractivity contribution >= 4 is 54.9 Å². The standard InChI is InChI=1S/C24H18ClFN2O4S2/c1-32-19-5-3-2-4-18(19)28-24-23(34(30,31)17-12-8-15(25)9-13-17)20(27)22(33-24)21(29)14-6-10-16(26)11-7-14/h2-13,28H,27H2,1H3. The summed E-state index contributed by atoms with van der Waals surface area (Å²) >= 11 is 6.81. The average molecular weight is 517 g/mol. The molecule has 34 heavy (non-hydrogen) atoms. The third-order valence-corrected chi connectivity index (χ3v) is 8.32. The summed E-state index contributed by atoms with van der Waals surface area (Å²) in [5, 5.41) is 3.57. The monoisotopic (exact) mass is 516 g/mol. The van der Waals surface area contributed by atoms with Crippen molar-refractivity contribution in [2.45, 2.75) is 9.79 Å². The molecule has 10 heteroatoms. The Hall–Kier alpha value is -3.40. The Morgan fingerprint density at radius 1 is 1.03 bits per heavy atom. The summed E-state index contributed by atoms with van der Waals surface area (Å²) in [6.45, 7) is 0. The van der Waals surface area contributed by atoms with Crippen LogP contribution in [0.25, 0.3) is 0 Å². The van der Waals surface area contributed by atoms with E-state index in [-0.39, 0.29) is 30.9 Å². The van der Waals surface area contributed by atoms with Crippen molar-refractivity contribution in [2.75, 3.05) is 18.2 Å². The van der Waals surface area contributed by atoms with Gasteiger partial charge in [0.2, 0.25) is 15.6 Å². The van der Waals surface area contributed by atoms with E-state index in [0.29, 0.717) is 16.5 Å². The van der Waals surface area contributed by atoms with Gasteiger partial charge in [0.1, 0.15) is 26.3 Å². The number of hydrogen-bond donors (Lipinski definition) is 2. The molecule has 1 aromatic heterocycles. The van der Waals surface area contributed by atoms with Crippen molar-refractivity contribution in [1.82, 2.24) is 0 Å². The maximum Gasteiger partial charge on any atom is 0.211 e. The molecule has 0 bridgehead atoms. The zero-order valence-electron chi connectivity index (χ0n) is 17.7. The fourth-order valence-electron chi connectivity index (χ4n) is 3.28. The van der Waals surface area contributed by atoms with E-state index in [1.165, 1.54) is 43.5 Å². The van der Waals surface area contributed by atoms with E-state index in [1.54, 1.807) is 24.3 Å². The van der Waals surface area contributed by atoms with E-state index in [4.69, 9.17) is 22.1 Å². The number of carbonyl (C=O) groups excluding carboxylic acids is 1. The molecule has 3 aromatic carbocycles. The lowest BCUT2D eigenvalue weighted by Crippen LogP contribution is -2.08. The molecule has 3 N–H and O–H groups in total. The number of anilines is 3. The highest BCUT2D eigenvalue weighted by Crippen LogP contribution is 2.45. The van der Waals surface area contributed by atoms with E-state index in [1.807, 2.05) is 0 Å². The van der Waals surface area contributed by atoms with Gasteiger partial charge < -0.3 is 15.8 Å². The number of ether oxygens (including phenoxy) is 1. The van der Waals surface area contributed by atoms with Crippen LogP contribution in [0.15, 0.2) is 82.6 Å². The molecule has 0 aliphatic heterocycles. The van der Waals surface area contributed by atoms with Crippen LogP contribution >= 0.6 is 22.9 Å². The van der Waals surface area contributed by atoms with Crippen LogP contribution in [0.4, 0.5) is 20.8 Å². The number of hydrogen-bond acceptors (Lipinski definition) is 7. The van der Waals surface area contributed by atoms with E-state index < -0.39 is 21.4 Å². The largest absolute Gasteiger partial charge is 0.495 e. The number of ketones is 1. The number of methoxy groups -OCH3 is 1. The number of thiophene rings is 1. The Labute approximate surface area is 204 Å². The van der Waals surface area contributed by atoms with Gasteiger partial charge in [-0.05, 0) is 60.7 Å². The van der Waals surface area contributed by atoms with E-state index in [0.717, 1.165) is 23.5 Å². The summed E-state index contributed by atoms with van der Waals surface area (Å²) < 4.78 is 45.9. The Kier molecular flexibility index (Phi) is 6.60. The smallest absolute Gasteiger partial charge is 0.211 e. The number of nitrogens with two attached hydrogens (primary N) is 1.